The number of likely N-dealkylation sites (N-methyl/N-ethyl adjacent to an activating group) is 1. The molecule has 1 aromatic heterocycles. The molecule has 0 saturated heterocycles. The number of aromatic nitrogens is 1. The fourth-order valence-corrected chi connectivity index (χ4v) is 2.83. The molecule has 0 fully saturated rings. The highest BCUT2D eigenvalue weighted by Gasteiger charge is 2.38. The molecule has 5 N–H and O–H groups in total. The van der Waals surface area contributed by atoms with Crippen LogP contribution in [0.15, 0.2) is 18.2 Å². The monoisotopic (exact) mass is 392 g/mol. The third kappa shape index (κ3) is 4.68. The Hall–Kier alpha value is -2.79. The van der Waals surface area contributed by atoms with Crippen LogP contribution in [0, 0.1) is 0 Å². The molecule has 150 valence electrons. The van der Waals surface area contributed by atoms with Crippen molar-refractivity contribution >= 4 is 22.8 Å². The Balaban J connectivity index is 0.000000395. The van der Waals surface area contributed by atoms with Gasteiger partial charge in [0.2, 0.25) is 0 Å². The number of aliphatic carboxylic acids is 2. The van der Waals surface area contributed by atoms with Gasteiger partial charge in [-0.05, 0) is 37.2 Å². The highest BCUT2D eigenvalue weighted by atomic mass is 19.4. The zero-order valence-corrected chi connectivity index (χ0v) is 14.4. The van der Waals surface area contributed by atoms with Gasteiger partial charge in [-0.25, -0.2) is 4.79 Å². The van der Waals surface area contributed by atoms with Crippen LogP contribution < -0.4 is 4.74 Å². The lowest BCUT2D eigenvalue weighted by molar-refractivity contribution is -0.192. The molecule has 1 aliphatic rings. The zero-order chi connectivity index (χ0) is 19.6. The highest BCUT2D eigenvalue weighted by molar-refractivity contribution is 5.89. The van der Waals surface area contributed by atoms with Crippen LogP contribution in [0.1, 0.15) is 17.3 Å². The van der Waals surface area contributed by atoms with Crippen LogP contribution >= 0.6 is 0 Å². The fraction of sp³-hybridized carbons (Fsp3) is 0.375. The molecule has 8 nitrogen and oxygen atoms in total. The van der Waals surface area contributed by atoms with Crippen molar-refractivity contribution < 1.29 is 43.2 Å². The average Bonchev–Trinajstić information content (AvgIpc) is 2.91. The first-order chi connectivity index (χ1) is 12.1. The molecule has 11 heteroatoms. The van der Waals surface area contributed by atoms with Gasteiger partial charge >= 0.3 is 18.1 Å². The third-order valence-electron chi connectivity index (χ3n) is 4.05. The van der Waals surface area contributed by atoms with Gasteiger partial charge in [-0.1, -0.05) is 0 Å². The summed E-state index contributed by atoms with van der Waals surface area (Å²) in [6.07, 6.45) is -4.23. The molecule has 0 amide bonds. The molecule has 2 heterocycles. The molecule has 0 radical (unpaired) electrons. The maximum absolute atomic E-state index is 11.4. The summed E-state index contributed by atoms with van der Waals surface area (Å²) in [5.74, 6) is -2.78. The minimum Gasteiger partial charge on any atom is -0.497 e. The third-order valence-corrected chi connectivity index (χ3v) is 4.05. The second kappa shape index (κ2) is 8.27. The number of hydrogen-bond acceptors (Lipinski definition) is 4. The summed E-state index contributed by atoms with van der Waals surface area (Å²) < 4.78 is 37.0. The average molecular weight is 392 g/mol. The van der Waals surface area contributed by atoms with Crippen LogP contribution in [0.4, 0.5) is 13.2 Å². The Labute approximate surface area is 151 Å². The Morgan fingerprint density at radius 3 is 2.37 bits per heavy atom. The Kier molecular flexibility index (Phi) is 6.81. The van der Waals surface area contributed by atoms with E-state index in [1.54, 1.807) is 7.11 Å². The summed E-state index contributed by atoms with van der Waals surface area (Å²) in [5, 5.41) is 17.6. The number of carboxylic acid groups (broad SMARTS) is 2. The molecule has 0 saturated carbocycles. The molecule has 0 spiro atoms. The van der Waals surface area contributed by atoms with Crippen molar-refractivity contribution in [2.75, 3.05) is 20.7 Å². The second-order valence-electron chi connectivity index (χ2n) is 5.70. The van der Waals surface area contributed by atoms with Crippen LogP contribution in [-0.2, 0) is 16.0 Å². The van der Waals surface area contributed by atoms with Gasteiger partial charge in [0.05, 0.1) is 7.11 Å². The topological polar surface area (TPSA) is 134 Å². The van der Waals surface area contributed by atoms with Crippen LogP contribution in [-0.4, -0.2) is 64.4 Å². The van der Waals surface area contributed by atoms with Gasteiger partial charge in [0.1, 0.15) is 11.8 Å². The second-order valence-corrected chi connectivity index (χ2v) is 5.70. The molecular weight excluding hydrogens is 373 g/mol. The summed E-state index contributed by atoms with van der Waals surface area (Å²) in [4.78, 5) is 25.4. The van der Waals surface area contributed by atoms with E-state index in [1.807, 2.05) is 30.1 Å². The number of methoxy groups -OCH3 is 1. The highest BCUT2D eigenvalue weighted by Crippen LogP contribution is 2.35. The van der Waals surface area contributed by atoms with Crippen molar-refractivity contribution in [2.24, 2.45) is 0 Å². The van der Waals surface area contributed by atoms with E-state index in [0.717, 1.165) is 40.9 Å². The van der Waals surface area contributed by atoms with Crippen molar-refractivity contribution in [1.82, 2.24) is 9.88 Å². The Morgan fingerprint density at radius 1 is 1.30 bits per heavy atom. The fourth-order valence-electron chi connectivity index (χ4n) is 2.83. The standard InChI is InChI=1S/C14H16N2O3.C2HF3O2.H2O/c1-16-6-5-9-10-7-8(19-2)3-4-11(10)15-12(9)13(16)14(17)18;3-2(4,5)1(6)7;/h3-4,7,13,15H,5-6H2,1-2H3,(H,17,18);(H,6,7);1H2. The van der Waals surface area contributed by atoms with E-state index in [1.165, 1.54) is 0 Å². The van der Waals surface area contributed by atoms with Crippen LogP contribution in [0.3, 0.4) is 0 Å². The quantitative estimate of drug-likeness (QED) is 0.711. The maximum Gasteiger partial charge on any atom is 0.490 e. The summed E-state index contributed by atoms with van der Waals surface area (Å²) in [6.45, 7) is 0.744. The first-order valence-corrected chi connectivity index (χ1v) is 7.48. The van der Waals surface area contributed by atoms with Crippen molar-refractivity contribution in [1.29, 1.82) is 0 Å². The van der Waals surface area contributed by atoms with E-state index in [4.69, 9.17) is 14.6 Å². The lowest BCUT2D eigenvalue weighted by Gasteiger charge is -2.29. The number of nitrogens with one attached hydrogen (secondary N) is 1. The minimum atomic E-state index is -5.08. The van der Waals surface area contributed by atoms with E-state index in [-0.39, 0.29) is 5.48 Å². The van der Waals surface area contributed by atoms with Gasteiger partial charge in [-0.15, -0.1) is 0 Å². The molecule has 27 heavy (non-hydrogen) atoms. The van der Waals surface area contributed by atoms with E-state index in [0.29, 0.717) is 0 Å². The van der Waals surface area contributed by atoms with E-state index in [2.05, 4.69) is 4.98 Å². The first-order valence-electron chi connectivity index (χ1n) is 7.48. The van der Waals surface area contributed by atoms with Crippen molar-refractivity contribution in [3.63, 3.8) is 0 Å². The first kappa shape index (κ1) is 22.3. The van der Waals surface area contributed by atoms with Gasteiger partial charge in [-0.3, -0.25) is 9.69 Å². The number of nitrogens with zero attached hydrogens (tertiary/aromatic N) is 1. The van der Waals surface area contributed by atoms with Gasteiger partial charge in [0, 0.05) is 23.1 Å². The number of halogens is 3. The molecule has 2 aromatic rings. The molecule has 1 aliphatic heterocycles. The number of fused-ring (bicyclic) bond motifs is 3. The summed E-state index contributed by atoms with van der Waals surface area (Å²) in [5.41, 5.74) is 2.86. The van der Waals surface area contributed by atoms with Crippen LogP contribution in [0.2, 0.25) is 0 Å². The van der Waals surface area contributed by atoms with E-state index >= 15 is 0 Å². The SMILES string of the molecule is COc1ccc2[nH]c3c(c2c1)CCN(C)C3C(=O)O.O.O=C(O)C(F)(F)F. The number of benzene rings is 1. The lowest BCUT2D eigenvalue weighted by atomic mass is 9.98. The molecule has 0 bridgehead atoms. The normalized spacial score (nSPS) is 16.6. The smallest absolute Gasteiger partial charge is 0.490 e. The largest absolute Gasteiger partial charge is 0.497 e. The zero-order valence-electron chi connectivity index (χ0n) is 14.4. The van der Waals surface area contributed by atoms with Gasteiger partial charge in [-0.2, -0.15) is 13.2 Å². The number of ether oxygens (including phenoxy) is 1. The van der Waals surface area contributed by atoms with Gasteiger partial charge < -0.3 is 25.4 Å². The summed E-state index contributed by atoms with van der Waals surface area (Å²) in [6, 6.07) is 5.19. The van der Waals surface area contributed by atoms with Crippen molar-refractivity contribution in [3.8, 4) is 5.75 Å². The number of carboxylic acids is 2. The Morgan fingerprint density at radius 2 is 1.89 bits per heavy atom. The molecule has 3 rings (SSSR count). The molecule has 1 aromatic carbocycles. The van der Waals surface area contributed by atoms with Crippen LogP contribution in [0.5, 0.6) is 5.75 Å². The summed E-state index contributed by atoms with van der Waals surface area (Å²) >= 11 is 0. The summed E-state index contributed by atoms with van der Waals surface area (Å²) in [7, 11) is 3.47. The van der Waals surface area contributed by atoms with Gasteiger partial charge in [0.15, 0.2) is 0 Å². The van der Waals surface area contributed by atoms with Crippen molar-refractivity contribution in [3.05, 3.63) is 29.5 Å². The number of hydrogen-bond donors (Lipinski definition) is 3. The van der Waals surface area contributed by atoms with Crippen molar-refractivity contribution in [2.45, 2.75) is 18.6 Å². The molecule has 1 unspecified atom stereocenters. The van der Waals surface area contributed by atoms with E-state index < -0.39 is 24.2 Å². The van der Waals surface area contributed by atoms with Gasteiger partial charge in [0.25, 0.3) is 0 Å². The van der Waals surface area contributed by atoms with Crippen LogP contribution in [0.25, 0.3) is 10.9 Å². The predicted molar refractivity (Wildman–Crippen MR) is 88.9 cm³/mol. The van der Waals surface area contributed by atoms with E-state index in [9.17, 15) is 23.1 Å². The number of rotatable bonds is 2. The number of aromatic amines is 1. The maximum atomic E-state index is 11.4. The molecular formula is C16H19F3N2O6. The Bertz CT molecular complexity index is 833. The minimum absolute atomic E-state index is 0. The number of alkyl halides is 3. The predicted octanol–water partition coefficient (Wildman–Crippen LogP) is 1.60. The number of carbonyl (C=O) groups is 2. The lowest BCUT2D eigenvalue weighted by Crippen LogP contribution is -2.36. The molecule has 0 aliphatic carbocycles. The number of H-pyrrole nitrogens is 1. The molecule has 1 atom stereocenters.